The monoisotopic (exact) mass is 609 g/mol. The minimum atomic E-state index is -3.50. The zero-order chi connectivity index (χ0) is 30.8. The zero-order valence-electron chi connectivity index (χ0n) is 23.4. The molecule has 3 N–H and O–H groups in total. The molecule has 42 heavy (non-hydrogen) atoms. The highest BCUT2D eigenvalue weighted by atomic mass is 32.2. The van der Waals surface area contributed by atoms with Gasteiger partial charge in [-0.05, 0) is 38.5 Å². The number of fused-ring (bicyclic) bond motifs is 1. The summed E-state index contributed by atoms with van der Waals surface area (Å²) in [5, 5.41) is 10.7. The van der Waals surface area contributed by atoms with E-state index in [1.54, 1.807) is 6.92 Å². The van der Waals surface area contributed by atoms with Crippen LogP contribution in [0.4, 0.5) is 10.2 Å². The van der Waals surface area contributed by atoms with Crippen LogP contribution in [0.3, 0.4) is 0 Å². The van der Waals surface area contributed by atoms with Crippen LogP contribution < -0.4 is 5.73 Å². The van der Waals surface area contributed by atoms with E-state index in [4.69, 9.17) is 24.7 Å². The van der Waals surface area contributed by atoms with E-state index in [2.05, 4.69) is 15.0 Å². The molecule has 0 amide bonds. The fourth-order valence-electron chi connectivity index (χ4n) is 4.56. The summed E-state index contributed by atoms with van der Waals surface area (Å²) in [4.78, 5) is 39.0. The number of imidazole rings is 1. The highest BCUT2D eigenvalue weighted by Crippen LogP contribution is 2.35. The van der Waals surface area contributed by atoms with E-state index in [-0.39, 0.29) is 35.1 Å². The number of carbonyl (C=O) groups excluding carboxylic acids is 2. The van der Waals surface area contributed by atoms with Crippen molar-refractivity contribution in [3.8, 4) is 0 Å². The Balaban J connectivity index is 1.64. The molecule has 228 valence electrons. The Kier molecular flexibility index (Phi) is 9.10. The maximum absolute atomic E-state index is 15.4. The molecule has 0 radical (unpaired) electrons. The zero-order valence-corrected chi connectivity index (χ0v) is 24.2. The number of aromatic nitrogens is 4. The molecule has 1 aromatic carbocycles. The molecule has 3 heterocycles. The van der Waals surface area contributed by atoms with E-state index < -0.39 is 65.0 Å². The number of benzene rings is 1. The second kappa shape index (κ2) is 12.2. The topological polar surface area (TPSA) is 195 Å². The number of nitrogen functional groups attached to an aromatic ring is 1. The number of carbonyl (C=O) groups is 2. The predicted molar refractivity (Wildman–Crippen MR) is 144 cm³/mol. The molecule has 0 unspecified atom stereocenters. The van der Waals surface area contributed by atoms with Gasteiger partial charge in [0.15, 0.2) is 33.7 Å². The lowest BCUT2D eigenvalue weighted by Crippen LogP contribution is -2.54. The first kappa shape index (κ1) is 31.2. The average molecular weight is 610 g/mol. The van der Waals surface area contributed by atoms with Crippen molar-refractivity contribution in [3.63, 3.8) is 0 Å². The number of esters is 2. The van der Waals surface area contributed by atoms with Crippen LogP contribution in [0.25, 0.3) is 11.2 Å². The Morgan fingerprint density at radius 3 is 2.33 bits per heavy atom. The molecule has 0 spiro atoms. The van der Waals surface area contributed by atoms with Gasteiger partial charge in [-0.25, -0.2) is 37.3 Å². The number of rotatable bonds is 11. The van der Waals surface area contributed by atoms with Crippen molar-refractivity contribution in [2.75, 3.05) is 31.8 Å². The van der Waals surface area contributed by atoms with Gasteiger partial charge in [0.25, 0.3) is 5.60 Å². The number of alkyl halides is 1. The summed E-state index contributed by atoms with van der Waals surface area (Å²) in [6.07, 6.45) is -4.57. The number of ether oxygens (including phenoxy) is 4. The molecule has 0 bridgehead atoms. The summed E-state index contributed by atoms with van der Waals surface area (Å²) < 4.78 is 62.4. The van der Waals surface area contributed by atoms with Gasteiger partial charge >= 0.3 is 11.9 Å². The summed E-state index contributed by atoms with van der Waals surface area (Å²) in [7, 11) is -3.50. The number of sulfone groups is 1. The van der Waals surface area contributed by atoms with Crippen LogP contribution in [0, 0.1) is 6.92 Å². The van der Waals surface area contributed by atoms with E-state index in [1.165, 1.54) is 49.0 Å². The number of aliphatic hydroxyl groups excluding tert-OH is 1. The Hall–Kier alpha value is -3.73. The number of aliphatic hydroxyl groups is 1. The third-order valence-electron chi connectivity index (χ3n) is 6.64. The quantitative estimate of drug-likeness (QED) is 0.229. The molecule has 0 saturated carbocycles. The van der Waals surface area contributed by atoms with Crippen LogP contribution in [0.1, 0.15) is 31.5 Å². The molecular weight excluding hydrogens is 577 g/mol. The Morgan fingerprint density at radius 2 is 1.76 bits per heavy atom. The van der Waals surface area contributed by atoms with Gasteiger partial charge < -0.3 is 29.8 Å². The van der Waals surface area contributed by atoms with Crippen molar-refractivity contribution in [2.45, 2.75) is 62.3 Å². The molecule has 1 aliphatic rings. The minimum Gasteiger partial charge on any atom is -0.463 e. The molecule has 1 fully saturated rings. The van der Waals surface area contributed by atoms with Gasteiger partial charge in [-0.1, -0.05) is 12.1 Å². The first-order chi connectivity index (χ1) is 19.8. The SMILES string of the molecule is CCOC(=O)C(Cc1ccc(S(C)(=O)=O)cc1)(OC[C@H]1O[C@@H](n2cnc3c(N)nc(C)nc32)[C@@H](F)[C@@H]1O)C(=O)OCC. The number of hydrogen-bond donors (Lipinski definition) is 2. The average Bonchev–Trinajstić information content (AvgIpc) is 3.47. The second-order valence-electron chi connectivity index (χ2n) is 9.65. The van der Waals surface area contributed by atoms with Crippen LogP contribution in [0.15, 0.2) is 35.5 Å². The molecule has 0 aliphatic carbocycles. The van der Waals surface area contributed by atoms with Gasteiger partial charge in [0.05, 0.1) is 31.0 Å². The molecule has 2 aromatic heterocycles. The number of halogens is 1. The summed E-state index contributed by atoms with van der Waals surface area (Å²) in [6, 6.07) is 5.48. The van der Waals surface area contributed by atoms with Crippen molar-refractivity contribution in [2.24, 2.45) is 0 Å². The van der Waals surface area contributed by atoms with Crippen molar-refractivity contribution >= 4 is 38.8 Å². The molecule has 1 saturated heterocycles. The lowest BCUT2D eigenvalue weighted by atomic mass is 9.93. The van der Waals surface area contributed by atoms with Gasteiger partial charge in [0, 0.05) is 12.7 Å². The Morgan fingerprint density at radius 1 is 1.14 bits per heavy atom. The lowest BCUT2D eigenvalue weighted by molar-refractivity contribution is -0.197. The van der Waals surface area contributed by atoms with E-state index in [0.717, 1.165) is 6.26 Å². The fourth-order valence-corrected chi connectivity index (χ4v) is 5.19. The molecule has 14 nitrogen and oxygen atoms in total. The third-order valence-corrected chi connectivity index (χ3v) is 7.77. The van der Waals surface area contributed by atoms with Crippen LogP contribution in [-0.4, -0.2) is 95.0 Å². The molecular formula is C26H32FN5O9S. The van der Waals surface area contributed by atoms with Crippen LogP contribution in [-0.2, 0) is 44.8 Å². The summed E-state index contributed by atoms with van der Waals surface area (Å²) in [5.74, 6) is -1.77. The maximum Gasteiger partial charge on any atom is 0.350 e. The molecule has 4 atom stereocenters. The largest absolute Gasteiger partial charge is 0.463 e. The molecule has 3 aromatic rings. The number of anilines is 1. The number of nitrogens with zero attached hydrogens (tertiary/aromatic N) is 4. The first-order valence-corrected chi connectivity index (χ1v) is 14.9. The first-order valence-electron chi connectivity index (χ1n) is 13.0. The van der Waals surface area contributed by atoms with E-state index >= 15 is 4.39 Å². The lowest BCUT2D eigenvalue weighted by Gasteiger charge is -2.30. The van der Waals surface area contributed by atoms with Crippen molar-refractivity contribution < 1.29 is 46.5 Å². The molecule has 4 rings (SSSR count). The van der Waals surface area contributed by atoms with Crippen molar-refractivity contribution in [1.29, 1.82) is 0 Å². The highest BCUT2D eigenvalue weighted by Gasteiger charge is 2.53. The summed E-state index contributed by atoms with van der Waals surface area (Å²) in [6.45, 7) is 3.83. The van der Waals surface area contributed by atoms with E-state index in [1.807, 2.05) is 0 Å². The van der Waals surface area contributed by atoms with Gasteiger partial charge in [-0.3, -0.25) is 4.57 Å². The van der Waals surface area contributed by atoms with Crippen molar-refractivity contribution in [3.05, 3.63) is 42.0 Å². The smallest absolute Gasteiger partial charge is 0.350 e. The Bertz CT molecular complexity index is 1550. The van der Waals surface area contributed by atoms with Gasteiger partial charge in [0.1, 0.15) is 23.5 Å². The highest BCUT2D eigenvalue weighted by molar-refractivity contribution is 7.90. The standard InChI is InChI=1S/C26H32FN5O9S/c1-5-38-24(34)26(25(35)39-6-2,11-15-7-9-16(10-8-15)42(4,36)37)40-12-17-20(33)18(27)23(41-17)32-13-29-19-21(28)30-14(3)31-22(19)32/h7-10,13,17-18,20,23,33H,5-6,11-12H2,1-4H3,(H2,28,30,31)/t17-,18+,20-,23-/m1/s1. The van der Waals surface area contributed by atoms with Crippen LogP contribution in [0.2, 0.25) is 0 Å². The summed E-state index contributed by atoms with van der Waals surface area (Å²) >= 11 is 0. The minimum absolute atomic E-state index is 0.0294. The number of aryl methyl sites for hydroxylation is 1. The third kappa shape index (κ3) is 6.06. The van der Waals surface area contributed by atoms with E-state index in [9.17, 15) is 23.1 Å². The molecule has 16 heteroatoms. The van der Waals surface area contributed by atoms with Crippen LogP contribution >= 0.6 is 0 Å². The fraction of sp³-hybridized carbons (Fsp3) is 0.500. The number of hydrogen-bond acceptors (Lipinski definition) is 13. The molecule has 1 aliphatic heterocycles. The van der Waals surface area contributed by atoms with Gasteiger partial charge in [-0.2, -0.15) is 0 Å². The van der Waals surface area contributed by atoms with Crippen molar-refractivity contribution in [1.82, 2.24) is 19.5 Å². The predicted octanol–water partition coefficient (Wildman–Crippen LogP) is 0.841. The second-order valence-corrected chi connectivity index (χ2v) is 11.7. The van der Waals surface area contributed by atoms with Crippen LogP contribution in [0.5, 0.6) is 0 Å². The Labute approximate surface area is 240 Å². The summed E-state index contributed by atoms with van der Waals surface area (Å²) in [5.41, 5.74) is 4.27. The normalized spacial score (nSPS) is 21.0. The van der Waals surface area contributed by atoms with Gasteiger partial charge in [0.2, 0.25) is 0 Å². The number of nitrogens with two attached hydrogens (primary N) is 1. The maximum atomic E-state index is 15.4. The van der Waals surface area contributed by atoms with E-state index in [0.29, 0.717) is 11.4 Å². The van der Waals surface area contributed by atoms with Gasteiger partial charge in [-0.15, -0.1) is 0 Å².